The molecule has 0 aromatic heterocycles. The number of carbonyl (C=O) groups is 2. The van der Waals surface area contributed by atoms with Gasteiger partial charge in [0.1, 0.15) is 12.4 Å². The molecule has 1 aliphatic heterocycles. The van der Waals surface area contributed by atoms with Gasteiger partial charge < -0.3 is 19.1 Å². The lowest BCUT2D eigenvalue weighted by atomic mass is 10.0. The summed E-state index contributed by atoms with van der Waals surface area (Å²) < 4.78 is 54.0. The average Bonchev–Trinajstić information content (AvgIpc) is 2.58. The molecule has 0 saturated carbocycles. The van der Waals surface area contributed by atoms with Crippen LogP contribution in [0.5, 0.6) is 0 Å². The van der Waals surface area contributed by atoms with Crippen molar-refractivity contribution < 1.29 is 37.0 Å². The van der Waals surface area contributed by atoms with Crippen LogP contribution in [-0.4, -0.2) is 39.5 Å². The number of halogens is 3. The Morgan fingerprint density at radius 3 is 2.36 bits per heavy atom. The van der Waals surface area contributed by atoms with E-state index in [1.807, 2.05) is 0 Å². The smallest absolute Gasteiger partial charge is 0.416 e. The maximum Gasteiger partial charge on any atom is 0.416 e. The van der Waals surface area contributed by atoms with Crippen LogP contribution in [0.25, 0.3) is 0 Å². The van der Waals surface area contributed by atoms with Crippen LogP contribution in [0.4, 0.5) is 18.9 Å². The largest absolute Gasteiger partial charge is 0.466 e. The highest BCUT2D eigenvalue weighted by Crippen LogP contribution is 2.37. The van der Waals surface area contributed by atoms with E-state index in [4.69, 9.17) is 4.74 Å². The molecule has 0 fully saturated rings. The lowest BCUT2D eigenvalue weighted by Gasteiger charge is -2.32. The van der Waals surface area contributed by atoms with Gasteiger partial charge in [0.25, 0.3) is 0 Å². The lowest BCUT2D eigenvalue weighted by Crippen LogP contribution is -2.39. The van der Waals surface area contributed by atoms with Crippen molar-refractivity contribution in [3.8, 4) is 0 Å². The van der Waals surface area contributed by atoms with Crippen molar-refractivity contribution in [3.63, 3.8) is 0 Å². The third-order valence-corrected chi connectivity index (χ3v) is 3.73. The first-order chi connectivity index (χ1) is 11.7. The Hall–Kier alpha value is -2.55. The predicted octanol–water partition coefficient (Wildman–Crippen LogP) is 2.41. The van der Waals surface area contributed by atoms with Crippen LogP contribution in [0.2, 0.25) is 0 Å². The van der Waals surface area contributed by atoms with Gasteiger partial charge in [-0.2, -0.15) is 13.2 Å². The van der Waals surface area contributed by atoms with E-state index in [2.05, 4.69) is 9.47 Å². The Morgan fingerprint density at radius 2 is 1.80 bits per heavy atom. The molecule has 9 heteroatoms. The molecule has 1 aliphatic rings. The first kappa shape index (κ1) is 18.8. The molecule has 0 N–H and O–H groups in total. The van der Waals surface area contributed by atoms with Gasteiger partial charge in [-0.05, 0) is 24.6 Å². The fraction of sp³-hybridized carbons (Fsp3) is 0.375. The third-order valence-electron chi connectivity index (χ3n) is 3.73. The summed E-state index contributed by atoms with van der Waals surface area (Å²) in [4.78, 5) is 25.3. The Balaban J connectivity index is 2.65. The number of esters is 2. The number of rotatable bonds is 3. The summed E-state index contributed by atoms with van der Waals surface area (Å²) in [7, 11) is 2.23. The second-order valence-electron chi connectivity index (χ2n) is 5.16. The number of hydrogen-bond donors (Lipinski definition) is 0. The van der Waals surface area contributed by atoms with Gasteiger partial charge in [0.2, 0.25) is 0 Å². The van der Waals surface area contributed by atoms with Crippen molar-refractivity contribution >= 4 is 17.6 Å². The van der Waals surface area contributed by atoms with Crippen LogP contribution < -0.4 is 4.90 Å². The number of hydrogen-bond acceptors (Lipinski definition) is 6. The maximum absolute atomic E-state index is 13.1. The van der Waals surface area contributed by atoms with Gasteiger partial charge in [0, 0.05) is 5.69 Å². The topological polar surface area (TPSA) is 65.1 Å². The highest BCUT2D eigenvalue weighted by atomic mass is 19.4. The van der Waals surface area contributed by atoms with Gasteiger partial charge in [0.05, 0.1) is 32.0 Å². The highest BCUT2D eigenvalue weighted by Gasteiger charge is 2.37. The summed E-state index contributed by atoms with van der Waals surface area (Å²) in [6.07, 6.45) is -4.56. The number of carbonyl (C=O) groups excluding carboxylic acids is 2. The Morgan fingerprint density at radius 1 is 1.16 bits per heavy atom. The summed E-state index contributed by atoms with van der Waals surface area (Å²) in [5.41, 5.74) is -1.21. The number of alkyl halides is 3. The highest BCUT2D eigenvalue weighted by molar-refractivity contribution is 6.03. The summed E-state index contributed by atoms with van der Waals surface area (Å²) in [6, 6.07) is 3.55. The number of nitrogens with zero attached hydrogens (tertiary/aromatic N) is 1. The number of methoxy groups -OCH3 is 2. The fourth-order valence-corrected chi connectivity index (χ4v) is 2.56. The van der Waals surface area contributed by atoms with E-state index in [1.54, 1.807) is 0 Å². The van der Waals surface area contributed by atoms with E-state index in [-0.39, 0.29) is 35.9 Å². The van der Waals surface area contributed by atoms with Crippen molar-refractivity contribution in [1.82, 2.24) is 0 Å². The molecule has 0 spiro atoms. The van der Waals surface area contributed by atoms with E-state index < -0.39 is 23.7 Å². The molecule has 25 heavy (non-hydrogen) atoms. The van der Waals surface area contributed by atoms with E-state index in [9.17, 15) is 22.8 Å². The monoisotopic (exact) mass is 359 g/mol. The predicted molar refractivity (Wildman–Crippen MR) is 80.5 cm³/mol. The molecule has 2 rings (SSSR count). The second kappa shape index (κ2) is 7.14. The standard InChI is InChI=1S/C16H16F3NO5/c1-9-11(16(17,18)19)5-4-6-12(9)20-8-25-7-10(14(21)23-2)13(20)15(22)24-3/h4-6H,7-8H2,1-3H3. The zero-order valence-corrected chi connectivity index (χ0v) is 13.8. The van der Waals surface area contributed by atoms with Gasteiger partial charge in [-0.15, -0.1) is 0 Å². The minimum atomic E-state index is -4.56. The van der Waals surface area contributed by atoms with Crippen LogP contribution in [-0.2, 0) is 30.0 Å². The third kappa shape index (κ3) is 3.60. The summed E-state index contributed by atoms with van der Waals surface area (Å²) in [6.45, 7) is 0.845. The van der Waals surface area contributed by atoms with Gasteiger partial charge in [-0.1, -0.05) is 6.07 Å². The van der Waals surface area contributed by atoms with Crippen molar-refractivity contribution in [2.45, 2.75) is 13.1 Å². The maximum atomic E-state index is 13.1. The summed E-state index contributed by atoms with van der Waals surface area (Å²) >= 11 is 0. The molecule has 0 unspecified atom stereocenters. The molecule has 1 heterocycles. The van der Waals surface area contributed by atoms with Gasteiger partial charge >= 0.3 is 18.1 Å². The summed E-state index contributed by atoms with van der Waals surface area (Å²) in [5.74, 6) is -1.70. The van der Waals surface area contributed by atoms with Gasteiger partial charge in [-0.3, -0.25) is 0 Å². The van der Waals surface area contributed by atoms with E-state index >= 15 is 0 Å². The molecular formula is C16H16F3NO5. The minimum Gasteiger partial charge on any atom is -0.466 e. The second-order valence-corrected chi connectivity index (χ2v) is 5.16. The van der Waals surface area contributed by atoms with Crippen molar-refractivity contribution in [2.75, 3.05) is 32.5 Å². The zero-order chi connectivity index (χ0) is 18.8. The molecule has 0 amide bonds. The van der Waals surface area contributed by atoms with Gasteiger partial charge in [-0.25, -0.2) is 9.59 Å². The first-order valence-corrected chi connectivity index (χ1v) is 7.14. The van der Waals surface area contributed by atoms with E-state index in [0.29, 0.717) is 0 Å². The number of anilines is 1. The zero-order valence-electron chi connectivity index (χ0n) is 13.8. The molecule has 1 aromatic rings. The molecule has 136 valence electrons. The van der Waals surface area contributed by atoms with Crippen LogP contribution in [0.15, 0.2) is 29.5 Å². The van der Waals surface area contributed by atoms with Crippen molar-refractivity contribution in [3.05, 3.63) is 40.6 Å². The minimum absolute atomic E-state index is 0.0799. The first-order valence-electron chi connectivity index (χ1n) is 7.14. The fourth-order valence-electron chi connectivity index (χ4n) is 2.56. The molecular weight excluding hydrogens is 343 g/mol. The average molecular weight is 359 g/mol. The van der Waals surface area contributed by atoms with Crippen LogP contribution in [0.1, 0.15) is 11.1 Å². The van der Waals surface area contributed by atoms with Crippen molar-refractivity contribution in [2.24, 2.45) is 0 Å². The molecule has 0 atom stereocenters. The molecule has 0 saturated heterocycles. The quantitative estimate of drug-likeness (QED) is 0.773. The normalized spacial score (nSPS) is 15.2. The van der Waals surface area contributed by atoms with Gasteiger partial charge in [0.15, 0.2) is 0 Å². The number of benzene rings is 1. The molecule has 0 radical (unpaired) electrons. The molecule has 1 aromatic carbocycles. The lowest BCUT2D eigenvalue weighted by molar-refractivity contribution is -0.140. The van der Waals surface area contributed by atoms with E-state index in [0.717, 1.165) is 20.3 Å². The molecule has 6 nitrogen and oxygen atoms in total. The summed E-state index contributed by atoms with van der Waals surface area (Å²) in [5, 5.41) is 0. The van der Waals surface area contributed by atoms with Crippen LogP contribution in [0, 0.1) is 6.92 Å². The molecule has 0 bridgehead atoms. The van der Waals surface area contributed by atoms with E-state index in [1.165, 1.54) is 24.0 Å². The molecule has 0 aliphatic carbocycles. The Bertz CT molecular complexity index is 727. The number of ether oxygens (including phenoxy) is 3. The van der Waals surface area contributed by atoms with Crippen LogP contribution >= 0.6 is 0 Å². The van der Waals surface area contributed by atoms with Crippen molar-refractivity contribution in [1.29, 1.82) is 0 Å². The van der Waals surface area contributed by atoms with Crippen LogP contribution in [0.3, 0.4) is 0 Å². The Kier molecular flexibility index (Phi) is 5.36. The Labute approximate surface area is 141 Å². The SMILES string of the molecule is COC(=O)C1=C(C(=O)OC)N(c2cccc(C(F)(F)F)c2C)COC1.